The van der Waals surface area contributed by atoms with E-state index in [1.165, 1.54) is 0 Å². The summed E-state index contributed by atoms with van der Waals surface area (Å²) in [6.45, 7) is 1.32. The molecule has 1 aliphatic heterocycles. The molecule has 0 aromatic heterocycles. The molecule has 0 unspecified atom stereocenters. The lowest BCUT2D eigenvalue weighted by Crippen LogP contribution is -2.51. The Morgan fingerprint density at radius 3 is 2.67 bits per heavy atom. The lowest BCUT2D eigenvalue weighted by atomic mass is 10.4. The van der Waals surface area contributed by atoms with Crippen LogP contribution in [0.1, 0.15) is 0 Å². The van der Waals surface area contributed by atoms with E-state index in [0.29, 0.717) is 13.1 Å². The fraction of sp³-hybridized carbons (Fsp3) is 0.875. The van der Waals surface area contributed by atoms with Gasteiger partial charge in [0.25, 0.3) is 0 Å². The molecule has 0 aromatic carbocycles. The topological polar surface area (TPSA) is 69.7 Å². The van der Waals surface area contributed by atoms with Crippen LogP contribution in [0.4, 0.5) is 0 Å². The summed E-state index contributed by atoms with van der Waals surface area (Å²) in [6, 6.07) is 0. The van der Waals surface area contributed by atoms with Crippen molar-refractivity contribution in [2.45, 2.75) is 0 Å². The van der Waals surface area contributed by atoms with Crippen LogP contribution in [0, 0.1) is 0 Å². The Labute approximate surface area is 90.3 Å². The first kappa shape index (κ1) is 12.4. The summed E-state index contributed by atoms with van der Waals surface area (Å²) in [7, 11) is 0.176. The van der Waals surface area contributed by atoms with Crippen molar-refractivity contribution < 1.29 is 13.2 Å². The molecular weight excluding hydrogens is 218 g/mol. The number of piperazine rings is 1. The maximum atomic E-state index is 11.8. The van der Waals surface area contributed by atoms with E-state index in [0.717, 1.165) is 4.31 Å². The Morgan fingerprint density at radius 2 is 2.13 bits per heavy atom. The molecule has 1 aliphatic rings. The number of nitrogens with zero attached hydrogens (tertiary/aromatic N) is 2. The van der Waals surface area contributed by atoms with Gasteiger partial charge < -0.3 is 10.2 Å². The Balaban J connectivity index is 2.63. The van der Waals surface area contributed by atoms with Crippen LogP contribution in [0.25, 0.3) is 0 Å². The van der Waals surface area contributed by atoms with Gasteiger partial charge in [0.05, 0.1) is 12.3 Å². The second kappa shape index (κ2) is 4.91. The van der Waals surface area contributed by atoms with Crippen molar-refractivity contribution in [3.8, 4) is 0 Å². The molecule has 0 saturated carbocycles. The predicted octanol–water partition coefficient (Wildman–Crippen LogP) is -1.69. The van der Waals surface area contributed by atoms with Gasteiger partial charge in [0, 0.05) is 19.6 Å². The van der Waals surface area contributed by atoms with Crippen LogP contribution in [0.2, 0.25) is 0 Å². The number of rotatable bonds is 4. The van der Waals surface area contributed by atoms with Crippen LogP contribution in [0.3, 0.4) is 0 Å². The lowest BCUT2D eigenvalue weighted by Gasteiger charge is -2.27. The van der Waals surface area contributed by atoms with Crippen molar-refractivity contribution in [2.24, 2.45) is 0 Å². The number of hydrogen-bond acceptors (Lipinski definition) is 5. The number of sulfonamides is 1. The van der Waals surface area contributed by atoms with Crippen LogP contribution in [0.5, 0.6) is 0 Å². The van der Waals surface area contributed by atoms with Gasteiger partial charge in [-0.1, -0.05) is 0 Å². The van der Waals surface area contributed by atoms with Gasteiger partial charge in [-0.25, -0.2) is 12.7 Å². The van der Waals surface area contributed by atoms with Gasteiger partial charge in [-0.2, -0.15) is 0 Å². The fourth-order valence-corrected chi connectivity index (χ4v) is 2.85. The van der Waals surface area contributed by atoms with Gasteiger partial charge in [-0.05, 0) is 14.1 Å². The summed E-state index contributed by atoms with van der Waals surface area (Å²) in [5, 5.41) is 2.84. The zero-order valence-corrected chi connectivity index (χ0v) is 9.88. The molecule has 7 heteroatoms. The second-order valence-electron chi connectivity index (χ2n) is 3.76. The minimum Gasteiger partial charge on any atom is -0.308 e. The summed E-state index contributed by atoms with van der Waals surface area (Å²) in [5.74, 6) is -0.369. The molecule has 0 aromatic rings. The van der Waals surface area contributed by atoms with E-state index in [2.05, 4.69) is 5.32 Å². The first-order chi connectivity index (χ1) is 6.93. The molecular formula is C8H17N3O3S. The summed E-state index contributed by atoms with van der Waals surface area (Å²) < 4.78 is 24.5. The van der Waals surface area contributed by atoms with Crippen molar-refractivity contribution in [2.75, 3.05) is 46.0 Å². The van der Waals surface area contributed by atoms with Crippen molar-refractivity contribution in [1.82, 2.24) is 14.5 Å². The smallest absolute Gasteiger partial charge is 0.250 e. The Bertz CT molecular complexity index is 326. The van der Waals surface area contributed by atoms with Gasteiger partial charge in [-0.3, -0.25) is 4.79 Å². The Morgan fingerprint density at radius 1 is 1.47 bits per heavy atom. The highest BCUT2D eigenvalue weighted by atomic mass is 32.2. The fourth-order valence-electron chi connectivity index (χ4n) is 1.29. The second-order valence-corrected chi connectivity index (χ2v) is 5.77. The SMILES string of the molecule is CN(C)CCS(=O)(=O)N1CCNCC1=O. The molecule has 0 radical (unpaired) electrons. The Hall–Kier alpha value is -0.660. The third-order valence-corrected chi connectivity index (χ3v) is 3.93. The van der Waals surface area contributed by atoms with Gasteiger partial charge in [-0.15, -0.1) is 0 Å². The largest absolute Gasteiger partial charge is 0.308 e. The Kier molecular flexibility index (Phi) is 4.06. The van der Waals surface area contributed by atoms with Crippen LogP contribution in [-0.2, 0) is 14.8 Å². The molecule has 0 aliphatic carbocycles. The molecule has 88 valence electrons. The maximum absolute atomic E-state index is 11.8. The first-order valence-corrected chi connectivity index (χ1v) is 6.43. The van der Waals surface area contributed by atoms with E-state index in [1.54, 1.807) is 19.0 Å². The number of hydrogen-bond donors (Lipinski definition) is 1. The number of carbonyl (C=O) groups excluding carboxylic acids is 1. The average Bonchev–Trinajstić information content (AvgIpc) is 2.15. The first-order valence-electron chi connectivity index (χ1n) is 4.82. The number of carbonyl (C=O) groups is 1. The molecule has 0 bridgehead atoms. The summed E-state index contributed by atoms with van der Waals surface area (Å²) >= 11 is 0. The highest BCUT2D eigenvalue weighted by Crippen LogP contribution is 2.04. The van der Waals surface area contributed by atoms with E-state index < -0.39 is 10.0 Å². The molecule has 1 saturated heterocycles. The van der Waals surface area contributed by atoms with Gasteiger partial charge in [0.2, 0.25) is 15.9 Å². The minimum absolute atomic E-state index is 0.00819. The molecule has 1 rings (SSSR count). The van der Waals surface area contributed by atoms with Gasteiger partial charge >= 0.3 is 0 Å². The summed E-state index contributed by atoms with van der Waals surface area (Å²) in [6.07, 6.45) is 0. The van der Waals surface area contributed by atoms with E-state index in [4.69, 9.17) is 0 Å². The van der Waals surface area contributed by atoms with E-state index in [1.807, 2.05) is 0 Å². The van der Waals surface area contributed by atoms with Gasteiger partial charge in [0.1, 0.15) is 0 Å². The van der Waals surface area contributed by atoms with Gasteiger partial charge in [0.15, 0.2) is 0 Å². The van der Waals surface area contributed by atoms with E-state index in [-0.39, 0.29) is 24.7 Å². The van der Waals surface area contributed by atoms with Crippen LogP contribution in [-0.4, -0.2) is 69.6 Å². The van der Waals surface area contributed by atoms with E-state index >= 15 is 0 Å². The van der Waals surface area contributed by atoms with Crippen molar-refractivity contribution in [1.29, 1.82) is 0 Å². The highest BCUT2D eigenvalue weighted by Gasteiger charge is 2.28. The zero-order chi connectivity index (χ0) is 11.5. The quantitative estimate of drug-likeness (QED) is 0.629. The average molecular weight is 235 g/mol. The molecule has 1 N–H and O–H groups in total. The predicted molar refractivity (Wildman–Crippen MR) is 56.9 cm³/mol. The van der Waals surface area contributed by atoms with Crippen LogP contribution in [0.15, 0.2) is 0 Å². The third kappa shape index (κ3) is 3.44. The molecule has 6 nitrogen and oxygen atoms in total. The minimum atomic E-state index is -3.43. The molecule has 15 heavy (non-hydrogen) atoms. The monoisotopic (exact) mass is 235 g/mol. The normalized spacial score (nSPS) is 18.6. The molecule has 1 amide bonds. The third-order valence-electron chi connectivity index (χ3n) is 2.18. The number of amides is 1. The molecule has 1 fully saturated rings. The standard InChI is InChI=1S/C8H17N3O3S/c1-10(2)5-6-15(13,14)11-4-3-9-7-8(11)12/h9H,3-7H2,1-2H3. The molecule has 1 heterocycles. The van der Waals surface area contributed by atoms with Crippen LogP contribution < -0.4 is 5.32 Å². The zero-order valence-electron chi connectivity index (χ0n) is 9.06. The van der Waals surface area contributed by atoms with Crippen molar-refractivity contribution in [3.63, 3.8) is 0 Å². The van der Waals surface area contributed by atoms with Crippen molar-refractivity contribution >= 4 is 15.9 Å². The lowest BCUT2D eigenvalue weighted by molar-refractivity contribution is -0.126. The number of nitrogens with one attached hydrogen (secondary N) is 1. The maximum Gasteiger partial charge on any atom is 0.250 e. The summed E-state index contributed by atoms with van der Waals surface area (Å²) in [4.78, 5) is 13.1. The molecule has 0 spiro atoms. The van der Waals surface area contributed by atoms with Crippen molar-refractivity contribution in [3.05, 3.63) is 0 Å². The van der Waals surface area contributed by atoms with E-state index in [9.17, 15) is 13.2 Å². The summed E-state index contributed by atoms with van der Waals surface area (Å²) in [5.41, 5.74) is 0. The molecule has 0 atom stereocenters. The highest BCUT2D eigenvalue weighted by molar-refractivity contribution is 7.89. The van der Waals surface area contributed by atoms with Crippen LogP contribution >= 0.6 is 0 Å².